The topological polar surface area (TPSA) is 33.7 Å². The Kier molecular flexibility index (Phi) is 7.29. The summed E-state index contributed by atoms with van der Waals surface area (Å²) < 4.78 is 48.5. The number of benzene rings is 3. The number of nitrogens with one attached hydrogen (secondary N) is 1. The predicted octanol–water partition coefficient (Wildman–Crippen LogP) is 6.61. The van der Waals surface area contributed by atoms with Crippen LogP contribution in [0.1, 0.15) is 41.9 Å². The SMILES string of the molecule is COc1ccc(OC(F)(F)F)cc1CNC1CC2CN3CCCC2C3C1C(c1ccccc1)c1ccccc1. The zero-order valence-electron chi connectivity index (χ0n) is 22.1. The van der Waals surface area contributed by atoms with Crippen molar-refractivity contribution in [1.82, 2.24) is 10.2 Å². The summed E-state index contributed by atoms with van der Waals surface area (Å²) >= 11 is 0. The van der Waals surface area contributed by atoms with Crippen LogP contribution < -0.4 is 14.8 Å². The van der Waals surface area contributed by atoms with Crippen molar-refractivity contribution >= 4 is 0 Å². The fourth-order valence-electron chi connectivity index (χ4n) is 7.72. The maximum Gasteiger partial charge on any atom is 0.573 e. The maximum atomic E-state index is 12.9. The molecule has 0 amide bonds. The largest absolute Gasteiger partial charge is 0.573 e. The van der Waals surface area contributed by atoms with Crippen molar-refractivity contribution in [2.75, 3.05) is 20.2 Å². The minimum atomic E-state index is -4.74. The Morgan fingerprint density at radius 1 is 0.974 bits per heavy atom. The van der Waals surface area contributed by atoms with Crippen LogP contribution in [0, 0.1) is 17.8 Å². The van der Waals surface area contributed by atoms with E-state index >= 15 is 0 Å². The Morgan fingerprint density at radius 3 is 2.31 bits per heavy atom. The summed E-state index contributed by atoms with van der Waals surface area (Å²) in [5.74, 6) is 2.18. The first-order chi connectivity index (χ1) is 18.9. The lowest BCUT2D eigenvalue weighted by molar-refractivity contribution is -0.274. The molecule has 2 saturated heterocycles. The smallest absolute Gasteiger partial charge is 0.496 e. The number of hydrogen-bond donors (Lipinski definition) is 1. The normalized spacial score (nSPS) is 27.9. The summed E-state index contributed by atoms with van der Waals surface area (Å²) in [6.45, 7) is 2.68. The molecule has 0 spiro atoms. The third kappa shape index (κ3) is 5.39. The van der Waals surface area contributed by atoms with Crippen molar-refractivity contribution < 1.29 is 22.6 Å². The molecule has 0 radical (unpaired) electrons. The molecule has 206 valence electrons. The molecule has 4 bridgehead atoms. The number of nitrogens with zero attached hydrogens (tertiary/aromatic N) is 1. The molecule has 0 aromatic heterocycles. The quantitative estimate of drug-likeness (QED) is 0.351. The van der Waals surface area contributed by atoms with Crippen molar-refractivity contribution in [2.24, 2.45) is 17.8 Å². The van der Waals surface area contributed by atoms with Crippen LogP contribution in [0.2, 0.25) is 0 Å². The number of ether oxygens (including phenoxy) is 2. The number of rotatable bonds is 8. The molecule has 6 rings (SSSR count). The van der Waals surface area contributed by atoms with Crippen LogP contribution in [0.5, 0.6) is 11.5 Å². The lowest BCUT2D eigenvalue weighted by atomic mass is 9.62. The lowest BCUT2D eigenvalue weighted by Crippen LogP contribution is -2.55. The molecule has 1 N–H and O–H groups in total. The molecule has 7 heteroatoms. The van der Waals surface area contributed by atoms with Gasteiger partial charge in [-0.2, -0.15) is 0 Å². The van der Waals surface area contributed by atoms with Crippen molar-refractivity contribution in [2.45, 2.75) is 50.2 Å². The van der Waals surface area contributed by atoms with Gasteiger partial charge in [0, 0.05) is 42.6 Å². The van der Waals surface area contributed by atoms with E-state index in [0.29, 0.717) is 41.7 Å². The first-order valence-electron chi connectivity index (χ1n) is 13.9. The van der Waals surface area contributed by atoms with Crippen molar-refractivity contribution in [3.05, 3.63) is 95.6 Å². The van der Waals surface area contributed by atoms with Gasteiger partial charge in [-0.1, -0.05) is 60.7 Å². The summed E-state index contributed by atoms with van der Waals surface area (Å²) in [6.07, 6.45) is -1.15. The van der Waals surface area contributed by atoms with Gasteiger partial charge in [-0.25, -0.2) is 0 Å². The van der Waals surface area contributed by atoms with Gasteiger partial charge >= 0.3 is 6.36 Å². The highest BCUT2D eigenvalue weighted by Crippen LogP contribution is 2.53. The summed E-state index contributed by atoms with van der Waals surface area (Å²) in [4.78, 5) is 2.72. The van der Waals surface area contributed by atoms with E-state index < -0.39 is 6.36 Å². The number of methoxy groups -OCH3 is 1. The molecular weight excluding hydrogens is 501 g/mol. The van der Waals surface area contributed by atoms with E-state index in [1.54, 1.807) is 13.2 Å². The highest BCUT2D eigenvalue weighted by molar-refractivity contribution is 5.41. The fraction of sp³-hybridized carbons (Fsp3) is 0.438. The fourth-order valence-corrected chi connectivity index (χ4v) is 7.72. The van der Waals surface area contributed by atoms with Crippen molar-refractivity contribution in [3.63, 3.8) is 0 Å². The zero-order valence-corrected chi connectivity index (χ0v) is 22.1. The van der Waals surface area contributed by atoms with Crippen LogP contribution in [0.15, 0.2) is 78.9 Å². The molecule has 3 aliphatic rings. The second-order valence-electron chi connectivity index (χ2n) is 11.2. The highest BCUT2D eigenvalue weighted by Gasteiger charge is 2.55. The molecule has 2 aliphatic heterocycles. The molecule has 1 aliphatic carbocycles. The van der Waals surface area contributed by atoms with E-state index in [4.69, 9.17) is 4.74 Å². The third-order valence-electron chi connectivity index (χ3n) is 9.08. The molecule has 39 heavy (non-hydrogen) atoms. The first-order valence-corrected chi connectivity index (χ1v) is 13.9. The van der Waals surface area contributed by atoms with Gasteiger partial charge < -0.3 is 14.8 Å². The van der Waals surface area contributed by atoms with E-state index in [2.05, 4.69) is 75.6 Å². The van der Waals surface area contributed by atoms with Crippen molar-refractivity contribution in [3.8, 4) is 11.5 Å². The Labute approximate surface area is 228 Å². The number of hydrogen-bond acceptors (Lipinski definition) is 4. The zero-order chi connectivity index (χ0) is 27.0. The van der Waals surface area contributed by atoms with Gasteiger partial charge in [0.1, 0.15) is 11.5 Å². The molecule has 6 unspecified atom stereocenters. The van der Waals surface area contributed by atoms with Crippen LogP contribution >= 0.6 is 0 Å². The maximum absolute atomic E-state index is 12.9. The van der Waals surface area contributed by atoms with E-state index in [9.17, 15) is 13.2 Å². The average Bonchev–Trinajstić information content (AvgIpc) is 3.05. The van der Waals surface area contributed by atoms with Gasteiger partial charge in [0.05, 0.1) is 7.11 Å². The molecule has 3 aromatic rings. The Morgan fingerprint density at radius 2 is 1.67 bits per heavy atom. The van der Waals surface area contributed by atoms with Crippen LogP contribution in [0.3, 0.4) is 0 Å². The standard InChI is InChI=1S/C32H35F3N2O2/c1-38-28-15-14-25(39-32(33,34)35)17-23(28)19-36-27-18-24-20-37-16-8-13-26(24)31(37)30(27)29(21-9-4-2-5-10-21)22-11-6-3-7-12-22/h2-7,9-12,14-15,17,24,26-27,29-31,36H,8,13,16,18-20H2,1H3. The summed E-state index contributed by atoms with van der Waals surface area (Å²) in [5, 5.41) is 3.82. The average molecular weight is 537 g/mol. The molecule has 3 aromatic carbocycles. The number of alkyl halides is 3. The molecule has 2 heterocycles. The number of halogens is 3. The van der Waals surface area contributed by atoms with Gasteiger partial charge in [-0.15, -0.1) is 13.2 Å². The summed E-state index contributed by atoms with van der Waals surface area (Å²) in [6, 6.07) is 26.5. The second kappa shape index (κ2) is 10.9. The molecule has 6 atom stereocenters. The van der Waals surface area contributed by atoms with E-state index in [0.717, 1.165) is 19.5 Å². The monoisotopic (exact) mass is 536 g/mol. The first kappa shape index (κ1) is 26.2. The number of piperidine rings is 1. The Balaban J connectivity index is 1.35. The minimum Gasteiger partial charge on any atom is -0.496 e. The van der Waals surface area contributed by atoms with E-state index in [-0.39, 0.29) is 17.7 Å². The summed E-state index contributed by atoms with van der Waals surface area (Å²) in [7, 11) is 1.54. The van der Waals surface area contributed by atoms with Gasteiger partial charge in [0.2, 0.25) is 0 Å². The summed E-state index contributed by atoms with van der Waals surface area (Å²) in [5.41, 5.74) is 3.28. The molecular formula is C32H35F3N2O2. The molecule has 1 saturated carbocycles. The van der Waals surface area contributed by atoms with Crippen molar-refractivity contribution in [1.29, 1.82) is 0 Å². The van der Waals surface area contributed by atoms with Crippen LogP contribution in [0.25, 0.3) is 0 Å². The van der Waals surface area contributed by atoms with Gasteiger partial charge in [-0.05, 0) is 67.0 Å². The Hall–Kier alpha value is -3.03. The minimum absolute atomic E-state index is 0.196. The predicted molar refractivity (Wildman–Crippen MR) is 145 cm³/mol. The van der Waals surface area contributed by atoms with Gasteiger partial charge in [0.25, 0.3) is 0 Å². The molecule has 4 nitrogen and oxygen atoms in total. The highest BCUT2D eigenvalue weighted by atomic mass is 19.4. The lowest BCUT2D eigenvalue weighted by Gasteiger charge is -2.49. The van der Waals surface area contributed by atoms with Gasteiger partial charge in [-0.3, -0.25) is 4.90 Å². The second-order valence-corrected chi connectivity index (χ2v) is 11.2. The Bertz CT molecular complexity index is 1210. The van der Waals surface area contributed by atoms with E-state index in [1.165, 1.54) is 36.1 Å². The van der Waals surface area contributed by atoms with Gasteiger partial charge in [0.15, 0.2) is 0 Å². The van der Waals surface area contributed by atoms with Crippen LogP contribution in [-0.2, 0) is 6.54 Å². The molecule has 3 fully saturated rings. The van der Waals surface area contributed by atoms with E-state index in [1.807, 2.05) is 0 Å². The third-order valence-corrected chi connectivity index (χ3v) is 9.08. The van der Waals surface area contributed by atoms with Crippen LogP contribution in [0.4, 0.5) is 13.2 Å². The van der Waals surface area contributed by atoms with Crippen LogP contribution in [-0.4, -0.2) is 43.5 Å².